The third kappa shape index (κ3) is 4.11. The average molecular weight is 454 g/mol. The Morgan fingerprint density at radius 2 is 1.84 bits per heavy atom. The number of aliphatic hydroxyl groups is 2. The van der Waals surface area contributed by atoms with Crippen LogP contribution in [-0.2, 0) is 9.59 Å². The molecule has 10 atom stereocenters. The normalized spacial score (nSPS) is 51.5. The summed E-state index contributed by atoms with van der Waals surface area (Å²) in [6, 6.07) is 0. The van der Waals surface area contributed by atoms with Crippen molar-refractivity contribution >= 4 is 11.9 Å². The van der Waals surface area contributed by atoms with E-state index in [-0.39, 0.29) is 60.8 Å². The minimum atomic E-state index is -2.10. The molecule has 0 aromatic heterocycles. The van der Waals surface area contributed by atoms with Gasteiger partial charge in [-0.1, -0.05) is 20.8 Å². The first-order chi connectivity index (χ1) is 16.6. The van der Waals surface area contributed by atoms with E-state index in [0.29, 0.717) is 12.3 Å². The molecule has 8 unspecified atom stereocenters. The van der Waals surface area contributed by atoms with Crippen LogP contribution in [0.25, 0.3) is 0 Å². The second-order valence-corrected chi connectivity index (χ2v) is 11.5. The number of carboxylic acid groups (broad SMARTS) is 1. The summed E-state index contributed by atoms with van der Waals surface area (Å²) in [5.74, 6) is -1.04. The minimum absolute atomic E-state index is 0.00201. The van der Waals surface area contributed by atoms with Crippen LogP contribution in [0.4, 0.5) is 0 Å². The van der Waals surface area contributed by atoms with Gasteiger partial charge >= 0.3 is 5.97 Å². The van der Waals surface area contributed by atoms with Gasteiger partial charge in [-0.2, -0.15) is 0 Å². The Labute approximate surface area is 198 Å². The molecule has 0 saturated heterocycles. The number of fused-ring (bicyclic) bond motifs is 5. The Hall–Kier alpha value is -1.14. The van der Waals surface area contributed by atoms with Crippen molar-refractivity contribution in [3.05, 3.63) is 0 Å². The van der Waals surface area contributed by atoms with Crippen LogP contribution in [0.1, 0.15) is 90.4 Å². The van der Waals surface area contributed by atoms with Crippen LogP contribution in [0.5, 0.6) is 0 Å². The van der Waals surface area contributed by atoms with Gasteiger partial charge in [-0.15, -0.1) is 0 Å². The summed E-state index contributed by atoms with van der Waals surface area (Å²) >= 11 is 0. The zero-order valence-corrected chi connectivity index (χ0v) is 19.6. The molecule has 0 spiro atoms. The first-order valence-corrected chi connectivity index (χ1v) is 12.4. The molecule has 0 bridgehead atoms. The lowest BCUT2D eigenvalue weighted by molar-refractivity contribution is -0.174. The van der Waals surface area contributed by atoms with Crippen LogP contribution in [0.15, 0.2) is 0 Å². The highest BCUT2D eigenvalue weighted by Crippen LogP contribution is 2.68. The van der Waals surface area contributed by atoms with Crippen molar-refractivity contribution in [2.24, 2.45) is 46.3 Å². The number of carbonyl (C=O) groups is 2. The molecule has 0 aliphatic heterocycles. The molecule has 0 aromatic carbocycles. The Morgan fingerprint density at radius 3 is 2.56 bits per heavy atom. The molecule has 6 heteroatoms. The number of hydrogen-bond donors (Lipinski definition) is 4. The molecule has 1 amide bonds. The van der Waals surface area contributed by atoms with Crippen molar-refractivity contribution in [1.29, 1.82) is 0 Å². The molecule has 6 nitrogen and oxygen atoms in total. The second kappa shape index (κ2) is 8.90. The fourth-order valence-electron chi connectivity index (χ4n) is 8.30. The van der Waals surface area contributed by atoms with E-state index >= 15 is 0 Å². The predicted octanol–water partition coefficient (Wildman–Crippen LogP) is 3.59. The van der Waals surface area contributed by atoms with Gasteiger partial charge in [-0.05, 0) is 104 Å². The van der Waals surface area contributed by atoms with Gasteiger partial charge in [0.1, 0.15) is 6.54 Å². The summed E-state index contributed by atoms with van der Waals surface area (Å²) in [6.45, 7) is 6.09. The lowest BCUT2D eigenvalue weighted by Crippen LogP contribution is -2.58. The zero-order valence-electron chi connectivity index (χ0n) is 23.6. The molecule has 182 valence electrons. The smallest absolute Gasteiger partial charge is 0.322 e. The predicted molar refractivity (Wildman–Crippen MR) is 122 cm³/mol. The SMILES string of the molecule is [2H]C1([2H])CC2(C)C3CCC4(C)C(C(C)CCC(=O)NCC(=O)O)CCC4C3[C@H](O)CC2C([2H])([2H])[C@@H]1O. The highest BCUT2D eigenvalue weighted by molar-refractivity contribution is 5.81. The summed E-state index contributed by atoms with van der Waals surface area (Å²) in [6.07, 6.45) is -1.53. The van der Waals surface area contributed by atoms with Gasteiger partial charge in [0.15, 0.2) is 0 Å². The van der Waals surface area contributed by atoms with Gasteiger partial charge in [0.05, 0.1) is 12.2 Å². The molecule has 0 heterocycles. The van der Waals surface area contributed by atoms with Crippen molar-refractivity contribution in [2.75, 3.05) is 6.54 Å². The first-order valence-electron chi connectivity index (χ1n) is 14.4. The Balaban J connectivity index is 1.52. The molecule has 4 saturated carbocycles. The van der Waals surface area contributed by atoms with Crippen molar-refractivity contribution in [2.45, 2.75) is 97.1 Å². The maximum atomic E-state index is 12.1. The van der Waals surface area contributed by atoms with E-state index in [9.17, 15) is 19.8 Å². The minimum Gasteiger partial charge on any atom is -0.480 e. The van der Waals surface area contributed by atoms with Crippen LogP contribution in [-0.4, -0.2) is 45.9 Å². The van der Waals surface area contributed by atoms with Gasteiger partial charge in [0.25, 0.3) is 0 Å². The van der Waals surface area contributed by atoms with Crippen molar-refractivity contribution in [3.63, 3.8) is 0 Å². The van der Waals surface area contributed by atoms with E-state index in [0.717, 1.165) is 25.7 Å². The summed E-state index contributed by atoms with van der Waals surface area (Å²) in [7, 11) is 0. The number of rotatable bonds is 6. The Bertz CT molecular complexity index is 886. The first kappa shape index (κ1) is 19.2. The molecule has 0 aromatic rings. The van der Waals surface area contributed by atoms with Crippen LogP contribution < -0.4 is 5.32 Å². The summed E-state index contributed by atoms with van der Waals surface area (Å²) in [4.78, 5) is 22.8. The van der Waals surface area contributed by atoms with Crippen molar-refractivity contribution in [3.8, 4) is 0 Å². The van der Waals surface area contributed by atoms with Crippen molar-refractivity contribution in [1.82, 2.24) is 5.32 Å². The van der Waals surface area contributed by atoms with E-state index in [1.807, 2.05) is 6.92 Å². The van der Waals surface area contributed by atoms with Gasteiger partial charge in [-0.3, -0.25) is 9.59 Å². The maximum absolute atomic E-state index is 12.1. The molecule has 4 fully saturated rings. The third-order valence-electron chi connectivity index (χ3n) is 9.96. The Morgan fingerprint density at radius 1 is 1.12 bits per heavy atom. The zero-order chi connectivity index (χ0) is 26.8. The molecular formula is C26H43NO5. The number of hydrogen-bond acceptors (Lipinski definition) is 4. The third-order valence-corrected chi connectivity index (χ3v) is 9.96. The number of carboxylic acids is 1. The highest BCUT2D eigenvalue weighted by Gasteiger charge is 2.62. The lowest BCUT2D eigenvalue weighted by Gasteiger charge is -2.62. The van der Waals surface area contributed by atoms with Gasteiger partial charge in [-0.25, -0.2) is 0 Å². The fourth-order valence-corrected chi connectivity index (χ4v) is 8.30. The summed E-state index contributed by atoms with van der Waals surface area (Å²) in [5.41, 5.74) is -0.655. The van der Waals surface area contributed by atoms with E-state index in [4.69, 9.17) is 10.6 Å². The van der Waals surface area contributed by atoms with E-state index < -0.39 is 42.3 Å². The summed E-state index contributed by atoms with van der Waals surface area (Å²) < 4.78 is 34.2. The van der Waals surface area contributed by atoms with Gasteiger partial charge < -0.3 is 20.6 Å². The van der Waals surface area contributed by atoms with Crippen LogP contribution >= 0.6 is 0 Å². The lowest BCUT2D eigenvalue weighted by atomic mass is 9.43. The molecular weight excluding hydrogens is 406 g/mol. The standard InChI is InChI=1S/C26H43NO5/c1-15(4-7-22(30)27-14-23(31)32)18-5-6-19-24-20(9-11-26(18,19)3)25(2)10-8-17(28)12-16(25)13-21(24)29/h15-21,24,28-29H,4-14H2,1-3H3,(H,27,30)(H,31,32)/t15?,16?,17-,18?,19?,20?,21-,24?,25?,26?/m1/s1/i8D2,12D2. The highest BCUT2D eigenvalue weighted by atomic mass is 16.4. The molecule has 0 radical (unpaired) electrons. The molecule has 32 heavy (non-hydrogen) atoms. The second-order valence-electron chi connectivity index (χ2n) is 11.5. The van der Waals surface area contributed by atoms with E-state index in [1.54, 1.807) is 0 Å². The van der Waals surface area contributed by atoms with E-state index in [1.165, 1.54) is 0 Å². The molecule has 4 N–H and O–H groups in total. The van der Waals surface area contributed by atoms with Crippen LogP contribution in [0.2, 0.25) is 0 Å². The number of nitrogens with one attached hydrogen (secondary N) is 1. The number of carbonyl (C=O) groups excluding carboxylic acids is 1. The number of aliphatic hydroxyl groups excluding tert-OH is 2. The van der Waals surface area contributed by atoms with Crippen LogP contribution in [0.3, 0.4) is 0 Å². The number of amides is 1. The molecule has 4 aliphatic carbocycles. The van der Waals surface area contributed by atoms with Crippen molar-refractivity contribution < 1.29 is 30.4 Å². The molecule has 4 rings (SSSR count). The largest absolute Gasteiger partial charge is 0.480 e. The maximum Gasteiger partial charge on any atom is 0.322 e. The van der Waals surface area contributed by atoms with Crippen LogP contribution in [0, 0.1) is 46.3 Å². The fraction of sp³-hybridized carbons (Fsp3) is 0.923. The average Bonchev–Trinajstić information content (AvgIpc) is 3.13. The quantitative estimate of drug-likeness (QED) is 0.492. The molecule has 4 aliphatic rings. The Kier molecular flexibility index (Phi) is 5.34. The monoisotopic (exact) mass is 453 g/mol. The summed E-state index contributed by atoms with van der Waals surface area (Å²) in [5, 5.41) is 33.2. The van der Waals surface area contributed by atoms with Gasteiger partial charge in [0.2, 0.25) is 5.91 Å². The number of aliphatic carboxylic acids is 1. The van der Waals surface area contributed by atoms with Gasteiger partial charge in [0, 0.05) is 11.9 Å². The topological polar surface area (TPSA) is 107 Å². The van der Waals surface area contributed by atoms with E-state index in [2.05, 4.69) is 19.2 Å².